The van der Waals surface area contributed by atoms with Crippen molar-refractivity contribution in [2.24, 2.45) is 5.92 Å². The summed E-state index contributed by atoms with van der Waals surface area (Å²) in [5, 5.41) is 3.87. The van der Waals surface area contributed by atoms with Crippen molar-refractivity contribution in [2.75, 3.05) is 19.6 Å². The van der Waals surface area contributed by atoms with E-state index in [2.05, 4.69) is 37.9 Å². The first-order valence-corrected chi connectivity index (χ1v) is 8.50. The summed E-state index contributed by atoms with van der Waals surface area (Å²) in [4.78, 5) is 2.86. The average molecular weight is 266 g/mol. The highest BCUT2D eigenvalue weighted by Gasteiger charge is 2.45. The fraction of sp³-hybridized carbons (Fsp3) is 1.00. The highest BCUT2D eigenvalue weighted by atomic mass is 15.3. The van der Waals surface area contributed by atoms with E-state index in [1.807, 2.05) is 0 Å². The van der Waals surface area contributed by atoms with Gasteiger partial charge in [0.1, 0.15) is 0 Å². The van der Waals surface area contributed by atoms with Gasteiger partial charge in [-0.05, 0) is 51.5 Å². The summed E-state index contributed by atoms with van der Waals surface area (Å²) < 4.78 is 0. The molecule has 112 valence electrons. The quantitative estimate of drug-likeness (QED) is 0.814. The number of hydrogen-bond acceptors (Lipinski definition) is 2. The summed E-state index contributed by atoms with van der Waals surface area (Å²) in [7, 11) is 0. The van der Waals surface area contributed by atoms with Crippen molar-refractivity contribution in [3.05, 3.63) is 0 Å². The zero-order chi connectivity index (χ0) is 13.9. The summed E-state index contributed by atoms with van der Waals surface area (Å²) in [5.41, 5.74) is 0.845. The van der Waals surface area contributed by atoms with E-state index in [1.54, 1.807) is 0 Å². The summed E-state index contributed by atoms with van der Waals surface area (Å²) in [6.45, 7) is 13.2. The molecule has 2 nitrogen and oxygen atoms in total. The lowest BCUT2D eigenvalue weighted by molar-refractivity contribution is 0.0102. The van der Waals surface area contributed by atoms with Crippen molar-refractivity contribution in [3.63, 3.8) is 0 Å². The van der Waals surface area contributed by atoms with Crippen molar-refractivity contribution in [1.29, 1.82) is 0 Å². The lowest BCUT2D eigenvalue weighted by atomic mass is 9.84. The van der Waals surface area contributed by atoms with Gasteiger partial charge in [-0.3, -0.25) is 4.90 Å². The first kappa shape index (κ1) is 15.3. The molecular formula is C17H34N2. The molecule has 1 aliphatic carbocycles. The molecule has 1 saturated heterocycles. The molecule has 0 bridgehead atoms. The van der Waals surface area contributed by atoms with Crippen LogP contribution in [0, 0.1) is 5.92 Å². The van der Waals surface area contributed by atoms with Gasteiger partial charge in [0.15, 0.2) is 0 Å². The number of piperazine rings is 1. The molecule has 1 N–H and O–H groups in total. The Balaban J connectivity index is 1.99. The fourth-order valence-electron chi connectivity index (χ4n) is 3.90. The minimum atomic E-state index is 0.339. The van der Waals surface area contributed by atoms with Gasteiger partial charge in [-0.2, -0.15) is 0 Å². The first-order valence-electron chi connectivity index (χ1n) is 8.50. The predicted molar refractivity (Wildman–Crippen MR) is 83.5 cm³/mol. The Morgan fingerprint density at radius 1 is 1.21 bits per heavy atom. The SMILES string of the molecule is CCC1(C)CN(CCCC(C)C)C2(CCCC2)CN1. The Kier molecular flexibility index (Phi) is 4.94. The molecule has 2 fully saturated rings. The average Bonchev–Trinajstić information content (AvgIpc) is 2.84. The maximum Gasteiger partial charge on any atom is 0.0334 e. The van der Waals surface area contributed by atoms with Gasteiger partial charge in [0, 0.05) is 24.2 Å². The van der Waals surface area contributed by atoms with Crippen molar-refractivity contribution >= 4 is 0 Å². The normalized spacial score (nSPS) is 31.4. The molecule has 0 aromatic carbocycles. The van der Waals surface area contributed by atoms with Crippen LogP contribution < -0.4 is 5.32 Å². The Bertz CT molecular complexity index is 281. The van der Waals surface area contributed by atoms with E-state index in [4.69, 9.17) is 0 Å². The van der Waals surface area contributed by atoms with Crippen LogP contribution in [0.4, 0.5) is 0 Å². The van der Waals surface area contributed by atoms with Gasteiger partial charge < -0.3 is 5.32 Å². The highest BCUT2D eigenvalue weighted by molar-refractivity contribution is 5.05. The number of nitrogens with one attached hydrogen (secondary N) is 1. The third-order valence-electron chi connectivity index (χ3n) is 5.58. The van der Waals surface area contributed by atoms with Crippen LogP contribution >= 0.6 is 0 Å². The zero-order valence-corrected chi connectivity index (χ0v) is 13.6. The lowest BCUT2D eigenvalue weighted by Crippen LogP contribution is -2.68. The van der Waals surface area contributed by atoms with Gasteiger partial charge in [0.25, 0.3) is 0 Å². The van der Waals surface area contributed by atoms with Gasteiger partial charge in [0.05, 0.1) is 0 Å². The van der Waals surface area contributed by atoms with Crippen LogP contribution in [0.2, 0.25) is 0 Å². The second-order valence-electron chi connectivity index (χ2n) is 7.66. The van der Waals surface area contributed by atoms with Crippen LogP contribution in [0.5, 0.6) is 0 Å². The highest BCUT2D eigenvalue weighted by Crippen LogP contribution is 2.39. The van der Waals surface area contributed by atoms with Crippen LogP contribution in [0.15, 0.2) is 0 Å². The van der Waals surface area contributed by atoms with E-state index in [9.17, 15) is 0 Å². The molecule has 1 unspecified atom stereocenters. The smallest absolute Gasteiger partial charge is 0.0334 e. The maximum absolute atomic E-state index is 3.87. The Hall–Kier alpha value is -0.0800. The van der Waals surface area contributed by atoms with Crippen molar-refractivity contribution in [3.8, 4) is 0 Å². The van der Waals surface area contributed by atoms with Crippen molar-refractivity contribution in [2.45, 2.75) is 83.7 Å². The van der Waals surface area contributed by atoms with E-state index in [0.717, 1.165) is 5.92 Å². The van der Waals surface area contributed by atoms with Crippen LogP contribution in [0.25, 0.3) is 0 Å². The van der Waals surface area contributed by atoms with Crippen LogP contribution in [0.1, 0.15) is 72.6 Å². The van der Waals surface area contributed by atoms with E-state index >= 15 is 0 Å². The monoisotopic (exact) mass is 266 g/mol. The molecule has 1 spiro atoms. The third kappa shape index (κ3) is 3.52. The molecule has 0 radical (unpaired) electrons. The molecule has 1 saturated carbocycles. The molecule has 1 atom stereocenters. The Morgan fingerprint density at radius 2 is 1.89 bits per heavy atom. The van der Waals surface area contributed by atoms with Crippen molar-refractivity contribution in [1.82, 2.24) is 10.2 Å². The largest absolute Gasteiger partial charge is 0.308 e. The Labute approximate surface area is 120 Å². The summed E-state index contributed by atoms with van der Waals surface area (Å²) in [6, 6.07) is 0. The lowest BCUT2D eigenvalue weighted by Gasteiger charge is -2.52. The molecule has 1 aliphatic heterocycles. The standard InChI is InChI=1S/C17H34N2/c1-5-16(4)14-19(12-8-9-15(2)3)17(13-18-16)10-6-7-11-17/h15,18H,5-14H2,1-4H3. The molecular weight excluding hydrogens is 232 g/mol. The van der Waals surface area contributed by atoms with Gasteiger partial charge in [-0.1, -0.05) is 33.6 Å². The molecule has 2 rings (SSSR count). The minimum Gasteiger partial charge on any atom is -0.308 e. The van der Waals surface area contributed by atoms with Crippen LogP contribution in [-0.4, -0.2) is 35.6 Å². The number of hydrogen-bond donors (Lipinski definition) is 1. The molecule has 0 aromatic heterocycles. The molecule has 0 amide bonds. The molecule has 19 heavy (non-hydrogen) atoms. The second-order valence-corrected chi connectivity index (χ2v) is 7.66. The van der Waals surface area contributed by atoms with E-state index in [1.165, 1.54) is 64.6 Å². The van der Waals surface area contributed by atoms with E-state index in [0.29, 0.717) is 11.1 Å². The van der Waals surface area contributed by atoms with E-state index in [-0.39, 0.29) is 0 Å². The van der Waals surface area contributed by atoms with Crippen molar-refractivity contribution < 1.29 is 0 Å². The van der Waals surface area contributed by atoms with Gasteiger partial charge in [0.2, 0.25) is 0 Å². The zero-order valence-electron chi connectivity index (χ0n) is 13.6. The second kappa shape index (κ2) is 6.13. The van der Waals surface area contributed by atoms with Gasteiger partial charge in [-0.15, -0.1) is 0 Å². The summed E-state index contributed by atoms with van der Waals surface area (Å²) in [5.74, 6) is 0.847. The fourth-order valence-corrected chi connectivity index (χ4v) is 3.90. The molecule has 0 aromatic rings. The first-order chi connectivity index (χ1) is 9.00. The predicted octanol–water partition coefficient (Wildman–Crippen LogP) is 3.81. The van der Waals surface area contributed by atoms with Gasteiger partial charge >= 0.3 is 0 Å². The maximum atomic E-state index is 3.87. The minimum absolute atomic E-state index is 0.339. The van der Waals surface area contributed by atoms with Crippen LogP contribution in [0.3, 0.4) is 0 Å². The summed E-state index contributed by atoms with van der Waals surface area (Å²) in [6.07, 6.45) is 9.70. The van der Waals surface area contributed by atoms with E-state index < -0.39 is 0 Å². The molecule has 1 heterocycles. The third-order valence-corrected chi connectivity index (χ3v) is 5.58. The number of nitrogens with zero attached hydrogens (tertiary/aromatic N) is 1. The number of rotatable bonds is 5. The molecule has 2 heteroatoms. The Morgan fingerprint density at radius 3 is 2.47 bits per heavy atom. The topological polar surface area (TPSA) is 15.3 Å². The van der Waals surface area contributed by atoms with Crippen LogP contribution in [-0.2, 0) is 0 Å². The summed E-state index contributed by atoms with van der Waals surface area (Å²) >= 11 is 0. The molecule has 2 aliphatic rings. The van der Waals surface area contributed by atoms with Gasteiger partial charge in [-0.25, -0.2) is 0 Å².